The number of carboxylic acid groups (broad SMARTS) is 2. The van der Waals surface area contributed by atoms with Crippen LogP contribution in [0.3, 0.4) is 0 Å². The number of thioether (sulfide) groups is 1. The van der Waals surface area contributed by atoms with E-state index in [4.69, 9.17) is 14.9 Å². The van der Waals surface area contributed by atoms with Crippen LogP contribution >= 0.6 is 11.8 Å². The van der Waals surface area contributed by atoms with Crippen molar-refractivity contribution in [2.24, 2.45) is 4.99 Å². The number of aromatic carboxylic acids is 1. The zero-order valence-corrected chi connectivity index (χ0v) is 17.6. The van der Waals surface area contributed by atoms with Gasteiger partial charge in [-0.05, 0) is 73.6 Å². The van der Waals surface area contributed by atoms with Gasteiger partial charge in [0.05, 0.1) is 16.2 Å². The highest BCUT2D eigenvalue weighted by Gasteiger charge is 2.32. The zero-order chi connectivity index (χ0) is 22.5. The van der Waals surface area contributed by atoms with Gasteiger partial charge in [0.25, 0.3) is 5.91 Å². The van der Waals surface area contributed by atoms with Crippen LogP contribution in [0.1, 0.15) is 29.8 Å². The molecule has 2 N–H and O–H groups in total. The monoisotopic (exact) mass is 440 g/mol. The smallest absolute Gasteiger partial charge is 0.344 e. The van der Waals surface area contributed by atoms with Gasteiger partial charge in [0.2, 0.25) is 0 Å². The van der Waals surface area contributed by atoms with E-state index < -0.39 is 18.0 Å². The van der Waals surface area contributed by atoms with Crippen LogP contribution in [0.5, 0.6) is 5.75 Å². The Hall–Kier alpha value is -3.59. The lowest BCUT2D eigenvalue weighted by atomic mass is 10.2. The summed E-state index contributed by atoms with van der Waals surface area (Å²) in [7, 11) is 0. The van der Waals surface area contributed by atoms with E-state index in [0.29, 0.717) is 33.6 Å². The fourth-order valence-corrected chi connectivity index (χ4v) is 3.81. The molecule has 0 spiro atoms. The molecule has 1 aliphatic heterocycles. The largest absolute Gasteiger partial charge is 0.479 e. The first-order chi connectivity index (χ1) is 14.8. The lowest BCUT2D eigenvalue weighted by Gasteiger charge is -2.12. The van der Waals surface area contributed by atoms with Crippen LogP contribution < -0.4 is 4.74 Å². The van der Waals surface area contributed by atoms with Gasteiger partial charge in [0.1, 0.15) is 5.75 Å². The molecule has 8 nitrogen and oxygen atoms in total. The third-order valence-corrected chi connectivity index (χ3v) is 5.37. The number of carbonyl (C=O) groups is 3. The van der Waals surface area contributed by atoms with Crippen LogP contribution in [0.2, 0.25) is 0 Å². The fourth-order valence-electron chi connectivity index (χ4n) is 2.74. The first-order valence-corrected chi connectivity index (χ1v) is 10.2. The predicted octanol–water partition coefficient (Wildman–Crippen LogP) is 3.86. The van der Waals surface area contributed by atoms with E-state index in [2.05, 4.69) is 4.99 Å². The molecule has 1 saturated heterocycles. The minimum absolute atomic E-state index is 0.159. The maximum Gasteiger partial charge on any atom is 0.344 e. The SMILES string of the molecule is CCN1C(=O)/C(=C/c2cccc(OC(C)C(=O)O)c2)SC1=Nc1ccc(C(=O)O)cc1. The van der Waals surface area contributed by atoms with Crippen molar-refractivity contribution in [3.63, 3.8) is 0 Å². The molecular weight excluding hydrogens is 420 g/mol. The number of likely N-dealkylation sites (N-methyl/N-ethyl adjacent to an activating group) is 1. The highest BCUT2D eigenvalue weighted by molar-refractivity contribution is 8.18. The number of hydrogen-bond donors (Lipinski definition) is 2. The molecule has 0 saturated carbocycles. The van der Waals surface area contributed by atoms with Gasteiger partial charge in [-0.3, -0.25) is 9.69 Å². The van der Waals surface area contributed by atoms with Gasteiger partial charge < -0.3 is 14.9 Å². The summed E-state index contributed by atoms with van der Waals surface area (Å²) in [5.74, 6) is -1.90. The standard InChI is InChI=1S/C22H20N2O6S/c1-3-24-19(25)18(12-14-5-4-6-17(11-14)30-13(2)20(26)27)31-22(24)23-16-9-7-15(8-10-16)21(28)29/h4-13H,3H2,1-2H3,(H,26,27)(H,28,29)/b18-12-,23-22?. The van der Waals surface area contributed by atoms with E-state index in [1.54, 1.807) is 42.5 Å². The summed E-state index contributed by atoms with van der Waals surface area (Å²) >= 11 is 1.21. The molecule has 1 amide bonds. The number of aliphatic carboxylic acids is 1. The molecule has 0 aromatic heterocycles. The van der Waals surface area contributed by atoms with Crippen molar-refractivity contribution in [1.29, 1.82) is 0 Å². The summed E-state index contributed by atoms with van der Waals surface area (Å²) < 4.78 is 5.38. The predicted molar refractivity (Wildman–Crippen MR) is 118 cm³/mol. The van der Waals surface area contributed by atoms with Crippen LogP contribution in [0, 0.1) is 0 Å². The highest BCUT2D eigenvalue weighted by Crippen LogP contribution is 2.34. The van der Waals surface area contributed by atoms with Crippen LogP contribution in [0.25, 0.3) is 6.08 Å². The molecule has 0 radical (unpaired) electrons. The summed E-state index contributed by atoms with van der Waals surface area (Å²) in [5.41, 5.74) is 1.39. The average Bonchev–Trinajstić information content (AvgIpc) is 3.02. The van der Waals surface area contributed by atoms with E-state index in [-0.39, 0.29) is 11.5 Å². The van der Waals surface area contributed by atoms with Crippen molar-refractivity contribution < 1.29 is 29.3 Å². The Labute approximate surface area is 182 Å². The maximum absolute atomic E-state index is 12.8. The zero-order valence-electron chi connectivity index (χ0n) is 16.8. The summed E-state index contributed by atoms with van der Waals surface area (Å²) in [5, 5.41) is 18.5. The number of amides is 1. The molecule has 2 aromatic carbocycles. The van der Waals surface area contributed by atoms with Crippen molar-refractivity contribution in [2.75, 3.05) is 6.54 Å². The molecule has 31 heavy (non-hydrogen) atoms. The van der Waals surface area contributed by atoms with Gasteiger partial charge in [-0.2, -0.15) is 0 Å². The van der Waals surface area contributed by atoms with Crippen LogP contribution in [-0.4, -0.2) is 50.8 Å². The van der Waals surface area contributed by atoms with Crippen LogP contribution in [0.15, 0.2) is 58.4 Å². The Bertz CT molecular complexity index is 1080. The first-order valence-electron chi connectivity index (χ1n) is 9.41. The van der Waals surface area contributed by atoms with E-state index >= 15 is 0 Å². The Morgan fingerprint density at radius 2 is 1.90 bits per heavy atom. The second kappa shape index (κ2) is 9.48. The Balaban J connectivity index is 1.85. The van der Waals surface area contributed by atoms with E-state index in [0.717, 1.165) is 0 Å². The molecule has 1 heterocycles. The van der Waals surface area contributed by atoms with E-state index in [9.17, 15) is 14.4 Å². The molecule has 1 atom stereocenters. The molecule has 1 aliphatic rings. The van der Waals surface area contributed by atoms with Gasteiger partial charge in [0, 0.05) is 6.54 Å². The van der Waals surface area contributed by atoms with E-state index in [1.165, 1.54) is 35.7 Å². The van der Waals surface area contributed by atoms with Gasteiger partial charge in [-0.25, -0.2) is 14.6 Å². The average molecular weight is 440 g/mol. The molecule has 9 heteroatoms. The quantitative estimate of drug-likeness (QED) is 0.628. The van der Waals surface area contributed by atoms with Crippen LogP contribution in [0.4, 0.5) is 5.69 Å². The number of ether oxygens (including phenoxy) is 1. The number of aliphatic imine (C=N–C) groups is 1. The third kappa shape index (κ3) is 5.32. The van der Waals surface area contributed by atoms with Crippen molar-refractivity contribution in [3.8, 4) is 5.75 Å². The fraction of sp³-hybridized carbons (Fsp3) is 0.182. The number of hydrogen-bond acceptors (Lipinski definition) is 6. The van der Waals surface area contributed by atoms with Gasteiger partial charge in [0.15, 0.2) is 11.3 Å². The molecule has 0 bridgehead atoms. The highest BCUT2D eigenvalue weighted by atomic mass is 32.2. The second-order valence-corrected chi connectivity index (χ2v) is 7.59. The number of amidine groups is 1. The maximum atomic E-state index is 12.8. The second-order valence-electron chi connectivity index (χ2n) is 6.58. The summed E-state index contributed by atoms with van der Waals surface area (Å²) in [6, 6.07) is 12.9. The Morgan fingerprint density at radius 3 is 2.52 bits per heavy atom. The lowest BCUT2D eigenvalue weighted by molar-refractivity contribution is -0.144. The molecule has 3 rings (SSSR count). The van der Waals surface area contributed by atoms with Gasteiger partial charge in [-0.15, -0.1) is 0 Å². The molecule has 2 aromatic rings. The van der Waals surface area contributed by atoms with Crippen molar-refractivity contribution in [1.82, 2.24) is 4.90 Å². The Kier molecular flexibility index (Phi) is 6.76. The van der Waals surface area contributed by atoms with Gasteiger partial charge in [-0.1, -0.05) is 12.1 Å². The number of benzene rings is 2. The molecular formula is C22H20N2O6S. The topological polar surface area (TPSA) is 117 Å². The molecule has 0 aliphatic carbocycles. The number of nitrogens with zero attached hydrogens (tertiary/aromatic N) is 2. The summed E-state index contributed by atoms with van der Waals surface area (Å²) in [6.07, 6.45) is 0.705. The normalized spacial score (nSPS) is 17.2. The first kappa shape index (κ1) is 22.1. The number of carbonyl (C=O) groups excluding carboxylic acids is 1. The van der Waals surface area contributed by atoms with Crippen molar-refractivity contribution >= 4 is 46.5 Å². The summed E-state index contributed by atoms with van der Waals surface area (Å²) in [4.78, 5) is 41.3. The third-order valence-electron chi connectivity index (χ3n) is 4.36. The minimum atomic E-state index is -1.07. The minimum Gasteiger partial charge on any atom is -0.479 e. The van der Waals surface area contributed by atoms with Gasteiger partial charge >= 0.3 is 11.9 Å². The summed E-state index contributed by atoms with van der Waals surface area (Å²) in [6.45, 7) is 3.70. The molecule has 160 valence electrons. The van der Waals surface area contributed by atoms with Crippen LogP contribution in [-0.2, 0) is 9.59 Å². The Morgan fingerprint density at radius 1 is 1.19 bits per heavy atom. The number of rotatable bonds is 7. The van der Waals surface area contributed by atoms with Crippen molar-refractivity contribution in [3.05, 3.63) is 64.6 Å². The molecule has 1 fully saturated rings. The lowest BCUT2D eigenvalue weighted by Crippen LogP contribution is -2.28. The number of carboxylic acids is 2. The van der Waals surface area contributed by atoms with E-state index in [1.807, 2.05) is 6.92 Å². The van der Waals surface area contributed by atoms with Crippen molar-refractivity contribution in [2.45, 2.75) is 20.0 Å². The molecule has 1 unspecified atom stereocenters.